The van der Waals surface area contributed by atoms with Crippen molar-refractivity contribution in [1.82, 2.24) is 20.0 Å². The third-order valence-electron chi connectivity index (χ3n) is 4.30. The van der Waals surface area contributed by atoms with Gasteiger partial charge in [0, 0.05) is 45.8 Å². The van der Waals surface area contributed by atoms with Gasteiger partial charge in [0.1, 0.15) is 0 Å². The summed E-state index contributed by atoms with van der Waals surface area (Å²) in [6.07, 6.45) is 3.46. The number of likely N-dealkylation sites (tertiary alicyclic amines) is 1. The lowest BCUT2D eigenvalue weighted by Gasteiger charge is -2.39. The van der Waals surface area contributed by atoms with Crippen molar-refractivity contribution in [3.05, 3.63) is 0 Å². The first kappa shape index (κ1) is 13.6. The average Bonchev–Trinajstić information content (AvgIpc) is 2.91. The van der Waals surface area contributed by atoms with Gasteiger partial charge in [0.15, 0.2) is 0 Å². The number of nitrogens with one attached hydrogen (secondary N) is 1. The highest BCUT2D eigenvalue weighted by atomic mass is 16.2. The Morgan fingerprint density at radius 3 is 2.28 bits per heavy atom. The zero-order valence-electron chi connectivity index (χ0n) is 11.9. The fourth-order valence-corrected chi connectivity index (χ4v) is 3.03. The van der Waals surface area contributed by atoms with E-state index in [1.165, 1.54) is 6.42 Å². The zero-order chi connectivity index (χ0) is 13.1. The van der Waals surface area contributed by atoms with Crippen molar-refractivity contribution in [3.63, 3.8) is 0 Å². The van der Waals surface area contributed by atoms with Gasteiger partial charge in [0.05, 0.1) is 0 Å². The quantitative estimate of drug-likeness (QED) is 0.776. The SMILES string of the molecule is CN(C)C(=O)N1CCC(N(C)C2CCNC2)CC1. The van der Waals surface area contributed by atoms with E-state index in [4.69, 9.17) is 0 Å². The van der Waals surface area contributed by atoms with Gasteiger partial charge in [-0.05, 0) is 32.9 Å². The number of hydrogen-bond donors (Lipinski definition) is 1. The predicted octanol–water partition coefficient (Wildman–Crippen LogP) is 0.426. The van der Waals surface area contributed by atoms with E-state index in [1.54, 1.807) is 4.90 Å². The van der Waals surface area contributed by atoms with Gasteiger partial charge in [-0.15, -0.1) is 0 Å². The van der Waals surface area contributed by atoms with Crippen LogP contribution in [0.15, 0.2) is 0 Å². The minimum atomic E-state index is 0.152. The highest BCUT2D eigenvalue weighted by Crippen LogP contribution is 2.20. The van der Waals surface area contributed by atoms with E-state index in [-0.39, 0.29) is 6.03 Å². The number of hydrogen-bond acceptors (Lipinski definition) is 3. The Balaban J connectivity index is 1.80. The second kappa shape index (κ2) is 5.89. The van der Waals surface area contributed by atoms with Crippen LogP contribution in [0, 0.1) is 0 Å². The van der Waals surface area contributed by atoms with Crippen molar-refractivity contribution in [2.24, 2.45) is 0 Å². The smallest absolute Gasteiger partial charge is 0.319 e. The molecule has 0 bridgehead atoms. The lowest BCUT2D eigenvalue weighted by atomic mass is 10.0. The third kappa shape index (κ3) is 2.95. The van der Waals surface area contributed by atoms with Crippen LogP contribution < -0.4 is 5.32 Å². The van der Waals surface area contributed by atoms with Gasteiger partial charge < -0.3 is 15.1 Å². The summed E-state index contributed by atoms with van der Waals surface area (Å²) in [5.74, 6) is 0. The van der Waals surface area contributed by atoms with Crippen molar-refractivity contribution in [3.8, 4) is 0 Å². The first-order valence-electron chi connectivity index (χ1n) is 6.98. The van der Waals surface area contributed by atoms with E-state index in [0.717, 1.165) is 39.0 Å². The molecule has 5 heteroatoms. The number of amides is 2. The van der Waals surface area contributed by atoms with E-state index in [2.05, 4.69) is 17.3 Å². The molecule has 5 nitrogen and oxygen atoms in total. The molecule has 2 saturated heterocycles. The fourth-order valence-electron chi connectivity index (χ4n) is 3.03. The van der Waals surface area contributed by atoms with Gasteiger partial charge in [-0.25, -0.2) is 4.79 Å². The van der Waals surface area contributed by atoms with Crippen LogP contribution in [0.5, 0.6) is 0 Å². The van der Waals surface area contributed by atoms with Crippen LogP contribution in [-0.4, -0.2) is 80.1 Å². The van der Waals surface area contributed by atoms with Crippen molar-refractivity contribution < 1.29 is 4.79 Å². The second-order valence-electron chi connectivity index (χ2n) is 5.71. The second-order valence-corrected chi connectivity index (χ2v) is 5.71. The molecule has 0 aliphatic carbocycles. The van der Waals surface area contributed by atoms with Gasteiger partial charge in [-0.3, -0.25) is 4.90 Å². The number of nitrogens with zero attached hydrogens (tertiary/aromatic N) is 3. The standard InChI is InChI=1S/C13H26N4O/c1-15(2)13(18)17-8-5-11(6-9-17)16(3)12-4-7-14-10-12/h11-12,14H,4-10H2,1-3H3. The lowest BCUT2D eigenvalue weighted by molar-refractivity contribution is 0.102. The largest absolute Gasteiger partial charge is 0.331 e. The summed E-state index contributed by atoms with van der Waals surface area (Å²) in [5.41, 5.74) is 0. The molecule has 2 fully saturated rings. The Labute approximate surface area is 110 Å². The molecule has 2 amide bonds. The Kier molecular flexibility index (Phi) is 4.45. The van der Waals surface area contributed by atoms with Gasteiger partial charge in [0.2, 0.25) is 0 Å². The van der Waals surface area contributed by atoms with E-state index in [0.29, 0.717) is 12.1 Å². The van der Waals surface area contributed by atoms with Gasteiger partial charge >= 0.3 is 6.03 Å². The van der Waals surface area contributed by atoms with Crippen molar-refractivity contribution >= 4 is 6.03 Å². The minimum absolute atomic E-state index is 0.152. The molecule has 0 aromatic rings. The molecular weight excluding hydrogens is 228 g/mol. The maximum atomic E-state index is 11.9. The molecule has 0 saturated carbocycles. The maximum Gasteiger partial charge on any atom is 0.319 e. The molecule has 104 valence electrons. The van der Waals surface area contributed by atoms with Crippen LogP contribution >= 0.6 is 0 Å². The molecule has 0 radical (unpaired) electrons. The molecule has 2 rings (SSSR count). The Hall–Kier alpha value is -0.810. The summed E-state index contributed by atoms with van der Waals surface area (Å²) >= 11 is 0. The summed E-state index contributed by atoms with van der Waals surface area (Å²) < 4.78 is 0. The first-order valence-corrected chi connectivity index (χ1v) is 6.98. The van der Waals surface area contributed by atoms with Crippen molar-refractivity contribution in [1.29, 1.82) is 0 Å². The lowest BCUT2D eigenvalue weighted by Crippen LogP contribution is -2.50. The molecule has 1 unspecified atom stereocenters. The molecule has 2 aliphatic rings. The Morgan fingerprint density at radius 1 is 1.11 bits per heavy atom. The van der Waals surface area contributed by atoms with Gasteiger partial charge in [0.25, 0.3) is 0 Å². The van der Waals surface area contributed by atoms with Gasteiger partial charge in [-0.2, -0.15) is 0 Å². The summed E-state index contributed by atoms with van der Waals surface area (Å²) in [7, 11) is 5.89. The monoisotopic (exact) mass is 254 g/mol. The molecule has 18 heavy (non-hydrogen) atoms. The van der Waals surface area contributed by atoms with Crippen LogP contribution in [-0.2, 0) is 0 Å². The summed E-state index contributed by atoms with van der Waals surface area (Å²) in [6, 6.07) is 1.48. The number of piperidine rings is 1. The zero-order valence-corrected chi connectivity index (χ0v) is 11.9. The Bertz CT molecular complexity index is 281. The van der Waals surface area contributed by atoms with Crippen molar-refractivity contribution in [2.45, 2.75) is 31.3 Å². The normalized spacial score (nSPS) is 25.8. The maximum absolute atomic E-state index is 11.9. The van der Waals surface area contributed by atoms with Gasteiger partial charge in [-0.1, -0.05) is 0 Å². The van der Waals surface area contributed by atoms with E-state index in [1.807, 2.05) is 19.0 Å². The summed E-state index contributed by atoms with van der Waals surface area (Å²) in [4.78, 5) is 18.0. The number of rotatable bonds is 2. The molecule has 0 aromatic carbocycles. The summed E-state index contributed by atoms with van der Waals surface area (Å²) in [6.45, 7) is 4.05. The highest BCUT2D eigenvalue weighted by Gasteiger charge is 2.30. The van der Waals surface area contributed by atoms with Crippen molar-refractivity contribution in [2.75, 3.05) is 47.3 Å². The Morgan fingerprint density at radius 2 is 1.78 bits per heavy atom. The number of carbonyl (C=O) groups is 1. The summed E-state index contributed by atoms with van der Waals surface area (Å²) in [5, 5.41) is 3.42. The first-order chi connectivity index (χ1) is 8.59. The number of urea groups is 1. The van der Waals surface area contributed by atoms with Crippen LogP contribution in [0.3, 0.4) is 0 Å². The molecule has 1 N–H and O–H groups in total. The third-order valence-corrected chi connectivity index (χ3v) is 4.30. The predicted molar refractivity (Wildman–Crippen MR) is 72.7 cm³/mol. The number of likely N-dealkylation sites (N-methyl/N-ethyl adjacent to an activating group) is 1. The van der Waals surface area contributed by atoms with Crippen LogP contribution in [0.2, 0.25) is 0 Å². The molecular formula is C13H26N4O. The van der Waals surface area contributed by atoms with Crippen LogP contribution in [0.25, 0.3) is 0 Å². The molecule has 2 heterocycles. The van der Waals surface area contributed by atoms with Crippen LogP contribution in [0.1, 0.15) is 19.3 Å². The fraction of sp³-hybridized carbons (Fsp3) is 0.923. The molecule has 0 spiro atoms. The molecule has 2 aliphatic heterocycles. The van der Waals surface area contributed by atoms with E-state index >= 15 is 0 Å². The van der Waals surface area contributed by atoms with E-state index < -0.39 is 0 Å². The highest BCUT2D eigenvalue weighted by molar-refractivity contribution is 5.73. The minimum Gasteiger partial charge on any atom is -0.331 e. The van der Waals surface area contributed by atoms with E-state index in [9.17, 15) is 4.79 Å². The molecule has 0 aromatic heterocycles. The average molecular weight is 254 g/mol. The number of carbonyl (C=O) groups excluding carboxylic acids is 1. The topological polar surface area (TPSA) is 38.8 Å². The molecule has 1 atom stereocenters. The van der Waals surface area contributed by atoms with Crippen LogP contribution in [0.4, 0.5) is 4.79 Å².